The monoisotopic (exact) mass is 360 g/mol. The van der Waals surface area contributed by atoms with Crippen LogP contribution in [0, 0.1) is 24.0 Å². The van der Waals surface area contributed by atoms with Crippen LogP contribution in [-0.4, -0.2) is 51.8 Å². The summed E-state index contributed by atoms with van der Waals surface area (Å²) >= 11 is 1.72. The molecule has 132 valence electrons. The molecule has 0 atom stereocenters. The highest BCUT2D eigenvalue weighted by Gasteiger charge is 2.23. The van der Waals surface area contributed by atoms with Gasteiger partial charge >= 0.3 is 0 Å². The molecule has 1 aliphatic heterocycles. The predicted octanol–water partition coefficient (Wildman–Crippen LogP) is 2.63. The van der Waals surface area contributed by atoms with Crippen molar-refractivity contribution in [3.8, 4) is 0 Å². The first-order valence-electron chi connectivity index (χ1n) is 8.13. The van der Waals surface area contributed by atoms with Crippen LogP contribution in [0.5, 0.6) is 0 Å². The van der Waals surface area contributed by atoms with Crippen molar-refractivity contribution in [3.05, 3.63) is 55.5 Å². The Bertz CT molecular complexity index is 777. The van der Waals surface area contributed by atoms with Crippen LogP contribution in [0.25, 0.3) is 0 Å². The number of non-ortho nitro benzene ring substituents is 1. The number of thiazole rings is 1. The number of hydrogen-bond donors (Lipinski definition) is 0. The number of carbonyl (C=O) groups is 1. The number of nitrogens with zero attached hydrogens (tertiary/aromatic N) is 4. The van der Waals surface area contributed by atoms with Gasteiger partial charge in [-0.3, -0.25) is 19.8 Å². The standard InChI is InChI=1S/C17H20N4O3S/c1-12-13(2)25-16(18-12)11-19-6-8-20(9-7-19)17(22)14-4-3-5-15(10-14)21(23)24/h3-5,10H,6-9,11H2,1-2H3. The van der Waals surface area contributed by atoms with E-state index in [1.165, 1.54) is 17.0 Å². The zero-order valence-electron chi connectivity index (χ0n) is 14.3. The molecule has 1 aromatic carbocycles. The fourth-order valence-corrected chi connectivity index (χ4v) is 3.82. The summed E-state index contributed by atoms with van der Waals surface area (Å²) in [5.74, 6) is -0.149. The van der Waals surface area contributed by atoms with Gasteiger partial charge in [0.25, 0.3) is 11.6 Å². The van der Waals surface area contributed by atoms with E-state index in [-0.39, 0.29) is 11.6 Å². The van der Waals surface area contributed by atoms with E-state index in [0.717, 1.165) is 30.3 Å². The topological polar surface area (TPSA) is 79.6 Å². The number of aromatic nitrogens is 1. The van der Waals surface area contributed by atoms with Crippen LogP contribution in [0.1, 0.15) is 25.9 Å². The maximum Gasteiger partial charge on any atom is 0.270 e. The number of nitro groups is 1. The number of rotatable bonds is 4. The lowest BCUT2D eigenvalue weighted by atomic mass is 10.1. The molecule has 0 unspecified atom stereocenters. The number of piperazine rings is 1. The summed E-state index contributed by atoms with van der Waals surface area (Å²) in [5.41, 5.74) is 1.40. The Kier molecular flexibility index (Phi) is 5.10. The fourth-order valence-electron chi connectivity index (χ4n) is 2.84. The third-order valence-corrected chi connectivity index (χ3v) is 5.45. The smallest absolute Gasteiger partial charge is 0.270 e. The third kappa shape index (κ3) is 4.02. The van der Waals surface area contributed by atoms with Gasteiger partial charge in [-0.1, -0.05) is 6.07 Å². The Hall–Kier alpha value is -2.32. The highest BCUT2D eigenvalue weighted by atomic mass is 32.1. The lowest BCUT2D eigenvalue weighted by molar-refractivity contribution is -0.384. The molecule has 7 nitrogen and oxygen atoms in total. The number of nitro benzene ring substituents is 1. The van der Waals surface area contributed by atoms with Crippen LogP contribution in [0.2, 0.25) is 0 Å². The Morgan fingerprint density at radius 3 is 2.60 bits per heavy atom. The summed E-state index contributed by atoms with van der Waals surface area (Å²) in [5, 5.41) is 12.0. The lowest BCUT2D eigenvalue weighted by Gasteiger charge is -2.34. The number of carbonyl (C=O) groups excluding carboxylic acids is 1. The first kappa shape index (κ1) is 17.5. The second-order valence-electron chi connectivity index (χ2n) is 6.12. The zero-order valence-corrected chi connectivity index (χ0v) is 15.1. The van der Waals surface area contributed by atoms with Gasteiger partial charge in [-0.15, -0.1) is 11.3 Å². The van der Waals surface area contributed by atoms with Crippen molar-refractivity contribution in [1.82, 2.24) is 14.8 Å². The highest BCUT2D eigenvalue weighted by Crippen LogP contribution is 2.20. The summed E-state index contributed by atoms with van der Waals surface area (Å²) < 4.78 is 0. The maximum atomic E-state index is 12.6. The van der Waals surface area contributed by atoms with Gasteiger partial charge < -0.3 is 4.90 Å². The summed E-state index contributed by atoms with van der Waals surface area (Å²) in [4.78, 5) is 32.8. The largest absolute Gasteiger partial charge is 0.336 e. The maximum absolute atomic E-state index is 12.6. The number of aryl methyl sites for hydroxylation is 2. The van der Waals surface area contributed by atoms with Crippen LogP contribution in [-0.2, 0) is 6.54 Å². The first-order valence-corrected chi connectivity index (χ1v) is 8.94. The van der Waals surface area contributed by atoms with Crippen molar-refractivity contribution in [2.24, 2.45) is 0 Å². The molecule has 0 spiro atoms. The predicted molar refractivity (Wildman–Crippen MR) is 95.9 cm³/mol. The van der Waals surface area contributed by atoms with E-state index in [1.807, 2.05) is 6.92 Å². The molecule has 1 amide bonds. The molecule has 25 heavy (non-hydrogen) atoms. The molecular formula is C17H20N4O3S. The molecule has 1 fully saturated rings. The van der Waals surface area contributed by atoms with Crippen molar-refractivity contribution in [2.75, 3.05) is 26.2 Å². The second kappa shape index (κ2) is 7.28. The number of hydrogen-bond acceptors (Lipinski definition) is 6. The quantitative estimate of drug-likeness (QED) is 0.618. The van der Waals surface area contributed by atoms with E-state index >= 15 is 0 Å². The van der Waals surface area contributed by atoms with Gasteiger partial charge in [0.05, 0.1) is 17.2 Å². The summed E-state index contributed by atoms with van der Waals surface area (Å²) in [6.45, 7) is 7.68. The summed E-state index contributed by atoms with van der Waals surface area (Å²) in [6, 6.07) is 5.92. The molecule has 1 aromatic heterocycles. The van der Waals surface area contributed by atoms with Gasteiger partial charge in [-0.25, -0.2) is 4.98 Å². The molecule has 2 aromatic rings. The van der Waals surface area contributed by atoms with E-state index in [4.69, 9.17) is 0 Å². The zero-order chi connectivity index (χ0) is 18.0. The fraction of sp³-hybridized carbons (Fsp3) is 0.412. The average Bonchev–Trinajstić information content (AvgIpc) is 2.92. The Labute approximate surface area is 150 Å². The van der Waals surface area contributed by atoms with Crippen LogP contribution in [0.15, 0.2) is 24.3 Å². The van der Waals surface area contributed by atoms with Crippen LogP contribution in [0.3, 0.4) is 0 Å². The molecule has 0 radical (unpaired) electrons. The normalized spacial score (nSPS) is 15.4. The Morgan fingerprint density at radius 2 is 2.00 bits per heavy atom. The number of amides is 1. The Balaban J connectivity index is 1.59. The van der Waals surface area contributed by atoms with Crippen molar-refractivity contribution < 1.29 is 9.72 Å². The molecule has 0 aliphatic carbocycles. The van der Waals surface area contributed by atoms with Gasteiger partial charge in [0.15, 0.2) is 0 Å². The molecule has 1 aliphatic rings. The molecule has 2 heterocycles. The Morgan fingerprint density at radius 1 is 1.28 bits per heavy atom. The molecule has 0 bridgehead atoms. The van der Waals surface area contributed by atoms with Gasteiger partial charge in [-0.05, 0) is 19.9 Å². The van der Waals surface area contributed by atoms with Gasteiger partial charge in [0.1, 0.15) is 5.01 Å². The molecule has 0 saturated carbocycles. The number of benzene rings is 1. The minimum Gasteiger partial charge on any atom is -0.336 e. The highest BCUT2D eigenvalue weighted by molar-refractivity contribution is 7.11. The van der Waals surface area contributed by atoms with Crippen LogP contribution < -0.4 is 0 Å². The SMILES string of the molecule is Cc1nc(CN2CCN(C(=O)c3cccc([N+](=O)[O-])c3)CC2)sc1C. The van der Waals surface area contributed by atoms with E-state index in [1.54, 1.807) is 28.4 Å². The van der Waals surface area contributed by atoms with Crippen LogP contribution in [0.4, 0.5) is 5.69 Å². The van der Waals surface area contributed by atoms with Crippen LogP contribution >= 0.6 is 11.3 Å². The van der Waals surface area contributed by atoms with E-state index in [0.29, 0.717) is 18.7 Å². The van der Waals surface area contributed by atoms with Crippen molar-refractivity contribution in [3.63, 3.8) is 0 Å². The minimum atomic E-state index is -0.479. The second-order valence-corrected chi connectivity index (χ2v) is 7.41. The minimum absolute atomic E-state index is 0.0565. The third-order valence-electron chi connectivity index (χ3n) is 4.40. The first-order chi connectivity index (χ1) is 11.9. The van der Waals surface area contributed by atoms with Crippen molar-refractivity contribution >= 4 is 22.9 Å². The van der Waals surface area contributed by atoms with Gasteiger partial charge in [0, 0.05) is 48.8 Å². The van der Waals surface area contributed by atoms with Gasteiger partial charge in [-0.2, -0.15) is 0 Å². The molecule has 3 rings (SSSR count). The summed E-state index contributed by atoms with van der Waals surface area (Å²) in [6.07, 6.45) is 0. The van der Waals surface area contributed by atoms with E-state index in [9.17, 15) is 14.9 Å². The van der Waals surface area contributed by atoms with E-state index in [2.05, 4.69) is 16.8 Å². The molecule has 1 saturated heterocycles. The average molecular weight is 360 g/mol. The molecule has 0 N–H and O–H groups in total. The lowest BCUT2D eigenvalue weighted by Crippen LogP contribution is -2.48. The van der Waals surface area contributed by atoms with E-state index < -0.39 is 4.92 Å². The van der Waals surface area contributed by atoms with Crippen molar-refractivity contribution in [2.45, 2.75) is 20.4 Å². The van der Waals surface area contributed by atoms with Gasteiger partial charge in [0.2, 0.25) is 0 Å². The summed E-state index contributed by atoms with van der Waals surface area (Å²) in [7, 11) is 0. The molecule has 8 heteroatoms. The molecular weight excluding hydrogens is 340 g/mol. The van der Waals surface area contributed by atoms with Crippen molar-refractivity contribution in [1.29, 1.82) is 0 Å².